The summed E-state index contributed by atoms with van der Waals surface area (Å²) in [7, 11) is 3.24. The number of nitrogens with zero attached hydrogens (tertiary/aromatic N) is 2. The third-order valence-electron chi connectivity index (χ3n) is 2.51. The lowest BCUT2D eigenvalue weighted by molar-refractivity contribution is -0.140. The molecule has 0 radical (unpaired) electrons. The van der Waals surface area contributed by atoms with E-state index in [1.165, 1.54) is 21.6 Å². The van der Waals surface area contributed by atoms with E-state index in [1.807, 2.05) is 0 Å². The Hall–Kier alpha value is -1.64. The molecule has 9 heteroatoms. The van der Waals surface area contributed by atoms with Crippen LogP contribution in [0.15, 0.2) is 0 Å². The second kappa shape index (κ2) is 7.07. The fourth-order valence-electron chi connectivity index (χ4n) is 1.45. The highest BCUT2D eigenvalue weighted by Crippen LogP contribution is 2.20. The van der Waals surface area contributed by atoms with E-state index in [9.17, 15) is 14.4 Å². The second-order valence-corrected chi connectivity index (χ2v) is 5.18. The van der Waals surface area contributed by atoms with Gasteiger partial charge in [0.25, 0.3) is 0 Å². The van der Waals surface area contributed by atoms with Gasteiger partial charge in [0.15, 0.2) is 0 Å². The average Bonchev–Trinajstić information content (AvgIpc) is 2.83. The summed E-state index contributed by atoms with van der Waals surface area (Å²) in [4.78, 5) is 36.5. The van der Waals surface area contributed by atoms with Gasteiger partial charge in [0.05, 0.1) is 5.88 Å². The Morgan fingerprint density at radius 1 is 1.32 bits per heavy atom. The first-order valence-corrected chi connectivity index (χ1v) is 6.89. The standard InChI is InChI=1S/C10H18N4O4S/c1-13(2)9(17)11-3-4-12-10(18)14-6-19-5-7(14)8(15)16/h7H,3-6H2,1-2H3,(H,11,17)(H,12,18)(H,15,16). The predicted molar refractivity (Wildman–Crippen MR) is 71.1 cm³/mol. The Morgan fingerprint density at radius 3 is 2.53 bits per heavy atom. The van der Waals surface area contributed by atoms with E-state index in [4.69, 9.17) is 5.11 Å². The lowest BCUT2D eigenvalue weighted by Gasteiger charge is -2.21. The summed E-state index contributed by atoms with van der Waals surface area (Å²) in [5.74, 6) is -0.228. The molecule has 1 fully saturated rings. The van der Waals surface area contributed by atoms with E-state index in [0.717, 1.165) is 0 Å². The number of thioether (sulfide) groups is 1. The Kier molecular flexibility index (Phi) is 5.74. The zero-order valence-electron chi connectivity index (χ0n) is 10.9. The summed E-state index contributed by atoms with van der Waals surface area (Å²) in [6, 6.07) is -1.44. The second-order valence-electron chi connectivity index (χ2n) is 4.18. The number of carbonyl (C=O) groups excluding carboxylic acids is 2. The van der Waals surface area contributed by atoms with Gasteiger partial charge in [0.1, 0.15) is 6.04 Å². The topological polar surface area (TPSA) is 102 Å². The Bertz CT molecular complexity index is 363. The first-order chi connectivity index (χ1) is 8.93. The number of hydrogen-bond donors (Lipinski definition) is 3. The largest absolute Gasteiger partial charge is 0.480 e. The van der Waals surface area contributed by atoms with Crippen molar-refractivity contribution in [2.24, 2.45) is 0 Å². The van der Waals surface area contributed by atoms with Gasteiger partial charge in [-0.1, -0.05) is 0 Å². The van der Waals surface area contributed by atoms with Crippen LogP contribution in [0.5, 0.6) is 0 Å². The summed E-state index contributed by atoms with van der Waals surface area (Å²) in [5.41, 5.74) is 0. The molecule has 0 saturated carbocycles. The van der Waals surface area contributed by atoms with Crippen LogP contribution >= 0.6 is 11.8 Å². The van der Waals surface area contributed by atoms with Gasteiger partial charge in [0, 0.05) is 32.9 Å². The third kappa shape index (κ3) is 4.51. The van der Waals surface area contributed by atoms with E-state index in [0.29, 0.717) is 18.2 Å². The monoisotopic (exact) mass is 290 g/mol. The predicted octanol–water partition coefficient (Wildman–Crippen LogP) is -0.573. The van der Waals surface area contributed by atoms with E-state index in [-0.39, 0.29) is 12.6 Å². The Labute approximate surface area is 115 Å². The molecule has 1 unspecified atom stereocenters. The fourth-order valence-corrected chi connectivity index (χ4v) is 2.59. The molecule has 4 amide bonds. The molecule has 0 aromatic rings. The van der Waals surface area contributed by atoms with Gasteiger partial charge in [-0.3, -0.25) is 0 Å². The minimum Gasteiger partial charge on any atom is -0.480 e. The summed E-state index contributed by atoms with van der Waals surface area (Å²) in [6.07, 6.45) is 0. The third-order valence-corrected chi connectivity index (χ3v) is 3.52. The van der Waals surface area contributed by atoms with Gasteiger partial charge >= 0.3 is 18.0 Å². The van der Waals surface area contributed by atoms with Crippen molar-refractivity contribution in [2.45, 2.75) is 6.04 Å². The Balaban J connectivity index is 2.28. The number of rotatable bonds is 4. The lowest BCUT2D eigenvalue weighted by atomic mass is 10.3. The molecule has 108 valence electrons. The molecule has 3 N–H and O–H groups in total. The van der Waals surface area contributed by atoms with Crippen LogP contribution in [0.25, 0.3) is 0 Å². The molecular weight excluding hydrogens is 272 g/mol. The lowest BCUT2D eigenvalue weighted by Crippen LogP contribution is -2.48. The number of carboxylic acids is 1. The SMILES string of the molecule is CN(C)C(=O)NCCNC(=O)N1CSCC1C(=O)O. The van der Waals surface area contributed by atoms with Crippen LogP contribution in [0.1, 0.15) is 0 Å². The number of carboxylic acid groups (broad SMARTS) is 1. The van der Waals surface area contributed by atoms with Crippen LogP contribution in [-0.4, -0.2) is 77.8 Å². The van der Waals surface area contributed by atoms with Crippen molar-refractivity contribution in [2.75, 3.05) is 38.8 Å². The normalized spacial score (nSPS) is 18.0. The molecule has 0 aromatic carbocycles. The highest BCUT2D eigenvalue weighted by atomic mass is 32.2. The molecule has 0 bridgehead atoms. The molecule has 8 nitrogen and oxygen atoms in total. The molecule has 1 heterocycles. The van der Waals surface area contributed by atoms with Crippen LogP contribution in [0, 0.1) is 0 Å². The number of nitrogens with one attached hydrogen (secondary N) is 2. The Morgan fingerprint density at radius 2 is 1.95 bits per heavy atom. The molecule has 1 atom stereocenters. The highest BCUT2D eigenvalue weighted by Gasteiger charge is 2.34. The molecule has 19 heavy (non-hydrogen) atoms. The quantitative estimate of drug-likeness (QED) is 0.602. The van der Waals surface area contributed by atoms with E-state index in [2.05, 4.69) is 10.6 Å². The van der Waals surface area contributed by atoms with Crippen molar-refractivity contribution in [3.05, 3.63) is 0 Å². The summed E-state index contributed by atoms with van der Waals surface area (Å²) in [5, 5.41) is 14.1. The number of carbonyl (C=O) groups is 3. The van der Waals surface area contributed by atoms with Gasteiger partial charge < -0.3 is 25.5 Å². The van der Waals surface area contributed by atoms with Crippen LogP contribution in [0.3, 0.4) is 0 Å². The van der Waals surface area contributed by atoms with Crippen LogP contribution < -0.4 is 10.6 Å². The first-order valence-electron chi connectivity index (χ1n) is 5.73. The van der Waals surface area contributed by atoms with Gasteiger partial charge in [-0.25, -0.2) is 14.4 Å². The fraction of sp³-hybridized carbons (Fsp3) is 0.700. The maximum Gasteiger partial charge on any atom is 0.327 e. The molecule has 0 aliphatic carbocycles. The minimum absolute atomic E-state index is 0.241. The van der Waals surface area contributed by atoms with Gasteiger partial charge in [0.2, 0.25) is 0 Å². The van der Waals surface area contributed by atoms with Crippen molar-refractivity contribution >= 4 is 29.8 Å². The van der Waals surface area contributed by atoms with Gasteiger partial charge in [-0.05, 0) is 0 Å². The van der Waals surface area contributed by atoms with E-state index >= 15 is 0 Å². The zero-order valence-corrected chi connectivity index (χ0v) is 11.7. The first kappa shape index (κ1) is 15.4. The van der Waals surface area contributed by atoms with Gasteiger partial charge in [-0.15, -0.1) is 11.8 Å². The number of hydrogen-bond acceptors (Lipinski definition) is 4. The smallest absolute Gasteiger partial charge is 0.327 e. The molecular formula is C10H18N4O4S. The van der Waals surface area contributed by atoms with Crippen molar-refractivity contribution in [1.29, 1.82) is 0 Å². The zero-order chi connectivity index (χ0) is 14.4. The molecule has 1 aliphatic heterocycles. The maximum atomic E-state index is 11.8. The number of urea groups is 2. The van der Waals surface area contributed by atoms with Crippen LogP contribution in [0.2, 0.25) is 0 Å². The van der Waals surface area contributed by atoms with Crippen LogP contribution in [-0.2, 0) is 4.79 Å². The average molecular weight is 290 g/mol. The number of amides is 4. The van der Waals surface area contributed by atoms with Crippen molar-refractivity contribution in [3.63, 3.8) is 0 Å². The molecule has 0 aromatic heterocycles. The van der Waals surface area contributed by atoms with E-state index in [1.54, 1.807) is 14.1 Å². The molecule has 1 aliphatic rings. The highest BCUT2D eigenvalue weighted by molar-refractivity contribution is 7.99. The minimum atomic E-state index is -0.999. The van der Waals surface area contributed by atoms with E-state index < -0.39 is 18.0 Å². The number of aliphatic carboxylic acids is 1. The van der Waals surface area contributed by atoms with Crippen molar-refractivity contribution in [1.82, 2.24) is 20.4 Å². The maximum absolute atomic E-state index is 11.8. The molecule has 1 saturated heterocycles. The van der Waals surface area contributed by atoms with Gasteiger partial charge in [-0.2, -0.15) is 0 Å². The summed E-state index contributed by atoms with van der Waals surface area (Å²) >= 11 is 1.40. The molecule has 1 rings (SSSR count). The summed E-state index contributed by atoms with van der Waals surface area (Å²) < 4.78 is 0. The summed E-state index contributed by atoms with van der Waals surface area (Å²) in [6.45, 7) is 0.549. The van der Waals surface area contributed by atoms with Crippen molar-refractivity contribution < 1.29 is 19.5 Å². The molecule has 0 spiro atoms. The van der Waals surface area contributed by atoms with Crippen LogP contribution in [0.4, 0.5) is 9.59 Å². The van der Waals surface area contributed by atoms with Crippen molar-refractivity contribution in [3.8, 4) is 0 Å².